The largest absolute Gasteiger partial charge is 0.504 e. The molecule has 1 fully saturated rings. The van der Waals surface area contributed by atoms with Crippen molar-refractivity contribution in [3.8, 4) is 11.5 Å². The third kappa shape index (κ3) is 5.01. The fourth-order valence-electron chi connectivity index (χ4n) is 2.41. The molecule has 1 aromatic rings. The van der Waals surface area contributed by atoms with Crippen molar-refractivity contribution >= 4 is 28.9 Å². The van der Waals surface area contributed by atoms with Crippen molar-refractivity contribution in [2.24, 2.45) is 4.99 Å². The molecule has 6 heteroatoms. The Bertz CT molecular complexity index is 671. The Hall–Kier alpha value is -1.95. The Balaban J connectivity index is 2.25. The molecule has 1 amide bonds. The molecule has 0 aromatic heterocycles. The van der Waals surface area contributed by atoms with Crippen LogP contribution >= 0.6 is 11.8 Å². The Labute approximate surface area is 153 Å². The average Bonchev–Trinajstić information content (AvgIpc) is 2.90. The zero-order valence-corrected chi connectivity index (χ0v) is 15.9. The molecular weight excluding hydrogens is 336 g/mol. The van der Waals surface area contributed by atoms with Gasteiger partial charge in [-0.25, -0.2) is 0 Å². The van der Waals surface area contributed by atoms with Crippen molar-refractivity contribution < 1.29 is 14.6 Å². The number of nitrogens with zero attached hydrogens (tertiary/aromatic N) is 2. The van der Waals surface area contributed by atoms with Crippen LogP contribution < -0.4 is 4.74 Å². The molecule has 1 aromatic carbocycles. The summed E-state index contributed by atoms with van der Waals surface area (Å²) in [7, 11) is 1.51. The van der Waals surface area contributed by atoms with Crippen LogP contribution in [0.15, 0.2) is 28.1 Å². The summed E-state index contributed by atoms with van der Waals surface area (Å²) in [6.45, 7) is 5.69. The second-order valence-electron chi connectivity index (χ2n) is 5.87. The standard InChI is InChI=1S/C19H26N2O3S/c1-4-6-10-20-19-21(11-7-5-2)18(23)17(25-19)13-14-8-9-15(22)16(12-14)24-3/h8-9,12-13,22H,4-7,10-11H2,1-3H3/b17-13-,20-19?. The van der Waals surface area contributed by atoms with Crippen molar-refractivity contribution in [3.05, 3.63) is 28.7 Å². The molecule has 136 valence electrons. The van der Waals surface area contributed by atoms with Crippen LogP contribution in [0.25, 0.3) is 6.08 Å². The van der Waals surface area contributed by atoms with E-state index in [1.165, 1.54) is 18.9 Å². The number of ether oxygens (including phenoxy) is 1. The molecule has 2 rings (SSSR count). The zero-order chi connectivity index (χ0) is 18.2. The minimum Gasteiger partial charge on any atom is -0.504 e. The monoisotopic (exact) mass is 362 g/mol. The lowest BCUT2D eigenvalue weighted by Crippen LogP contribution is -2.30. The summed E-state index contributed by atoms with van der Waals surface area (Å²) in [5.74, 6) is 0.478. The van der Waals surface area contributed by atoms with Crippen molar-refractivity contribution in [3.63, 3.8) is 0 Å². The Morgan fingerprint density at radius 3 is 2.72 bits per heavy atom. The van der Waals surface area contributed by atoms with Gasteiger partial charge in [0.15, 0.2) is 16.7 Å². The van der Waals surface area contributed by atoms with Gasteiger partial charge in [-0.05, 0) is 48.4 Å². The van der Waals surface area contributed by atoms with Gasteiger partial charge in [0, 0.05) is 13.1 Å². The van der Waals surface area contributed by atoms with E-state index in [9.17, 15) is 9.90 Å². The first kappa shape index (κ1) is 19.4. The maximum absolute atomic E-state index is 12.8. The zero-order valence-electron chi connectivity index (χ0n) is 15.1. The van der Waals surface area contributed by atoms with Crippen LogP contribution in [-0.4, -0.2) is 41.3 Å². The smallest absolute Gasteiger partial charge is 0.266 e. The number of hydrogen-bond donors (Lipinski definition) is 1. The third-order valence-corrected chi connectivity index (χ3v) is 4.93. The van der Waals surface area contributed by atoms with E-state index in [1.54, 1.807) is 23.1 Å². The highest BCUT2D eigenvalue weighted by atomic mass is 32.2. The number of unbranched alkanes of at least 4 members (excludes halogenated alkanes) is 2. The molecule has 1 aliphatic heterocycles. The summed E-state index contributed by atoms with van der Waals surface area (Å²) in [6.07, 6.45) is 5.93. The van der Waals surface area contributed by atoms with Crippen molar-refractivity contribution in [2.75, 3.05) is 20.2 Å². The maximum Gasteiger partial charge on any atom is 0.266 e. The summed E-state index contributed by atoms with van der Waals surface area (Å²) in [5.41, 5.74) is 0.816. The van der Waals surface area contributed by atoms with E-state index in [0.717, 1.165) is 43.0 Å². The topological polar surface area (TPSA) is 62.1 Å². The van der Waals surface area contributed by atoms with Crippen LogP contribution in [0.1, 0.15) is 45.1 Å². The minimum atomic E-state index is 0.000685. The molecule has 0 saturated carbocycles. The Morgan fingerprint density at radius 2 is 2.04 bits per heavy atom. The number of methoxy groups -OCH3 is 1. The fourth-order valence-corrected chi connectivity index (χ4v) is 3.44. The van der Waals surface area contributed by atoms with E-state index >= 15 is 0 Å². The van der Waals surface area contributed by atoms with E-state index in [4.69, 9.17) is 4.74 Å². The fraction of sp³-hybridized carbons (Fsp3) is 0.474. The van der Waals surface area contributed by atoms with E-state index < -0.39 is 0 Å². The van der Waals surface area contributed by atoms with Gasteiger partial charge in [-0.2, -0.15) is 0 Å². The van der Waals surface area contributed by atoms with Gasteiger partial charge in [-0.3, -0.25) is 14.7 Å². The van der Waals surface area contributed by atoms with Gasteiger partial charge in [0.05, 0.1) is 12.0 Å². The number of amides is 1. The molecule has 1 saturated heterocycles. The van der Waals surface area contributed by atoms with Gasteiger partial charge in [-0.15, -0.1) is 0 Å². The number of aliphatic imine (C=N–C) groups is 1. The molecule has 0 unspecified atom stereocenters. The number of amidine groups is 1. The number of phenolic OH excluding ortho intramolecular Hbond substituents is 1. The number of rotatable bonds is 8. The Morgan fingerprint density at radius 1 is 1.28 bits per heavy atom. The first-order valence-electron chi connectivity index (χ1n) is 8.73. The second kappa shape index (κ2) is 9.51. The van der Waals surface area contributed by atoms with Gasteiger partial charge in [0.25, 0.3) is 5.91 Å². The van der Waals surface area contributed by atoms with Gasteiger partial charge in [-0.1, -0.05) is 32.8 Å². The van der Waals surface area contributed by atoms with Gasteiger partial charge >= 0.3 is 0 Å². The summed E-state index contributed by atoms with van der Waals surface area (Å²) >= 11 is 1.42. The van der Waals surface area contributed by atoms with Crippen LogP contribution in [0.4, 0.5) is 0 Å². The highest BCUT2D eigenvalue weighted by molar-refractivity contribution is 8.18. The SMILES string of the molecule is CCCCN=C1S/C(=C\c2ccc(O)c(OC)c2)C(=O)N1CCCC. The van der Waals surface area contributed by atoms with Gasteiger partial charge < -0.3 is 9.84 Å². The van der Waals surface area contributed by atoms with Gasteiger partial charge in [0.1, 0.15) is 0 Å². The van der Waals surface area contributed by atoms with Crippen molar-refractivity contribution in [2.45, 2.75) is 39.5 Å². The van der Waals surface area contributed by atoms with E-state index in [1.807, 2.05) is 6.08 Å². The number of hydrogen-bond acceptors (Lipinski definition) is 5. The summed E-state index contributed by atoms with van der Waals surface area (Å²) < 4.78 is 5.13. The maximum atomic E-state index is 12.8. The molecule has 0 aliphatic carbocycles. The predicted octanol–water partition coefficient (Wildman–Crippen LogP) is 4.27. The van der Waals surface area contributed by atoms with E-state index in [0.29, 0.717) is 17.2 Å². The number of aromatic hydroxyl groups is 1. The molecule has 0 atom stereocenters. The number of phenols is 1. The highest BCUT2D eigenvalue weighted by Gasteiger charge is 2.32. The summed E-state index contributed by atoms with van der Waals surface area (Å²) in [6, 6.07) is 5.06. The van der Waals surface area contributed by atoms with Crippen LogP contribution in [-0.2, 0) is 4.79 Å². The molecule has 0 bridgehead atoms. The van der Waals surface area contributed by atoms with Crippen molar-refractivity contribution in [1.29, 1.82) is 0 Å². The molecular formula is C19H26N2O3S. The molecule has 1 N–H and O–H groups in total. The predicted molar refractivity (Wildman–Crippen MR) is 104 cm³/mol. The molecule has 1 heterocycles. The minimum absolute atomic E-state index is 0.000685. The normalized spacial score (nSPS) is 17.7. The second-order valence-corrected chi connectivity index (χ2v) is 6.88. The van der Waals surface area contributed by atoms with E-state index in [2.05, 4.69) is 18.8 Å². The Kier molecular flexibility index (Phi) is 7.37. The van der Waals surface area contributed by atoms with Gasteiger partial charge in [0.2, 0.25) is 0 Å². The molecule has 5 nitrogen and oxygen atoms in total. The third-order valence-electron chi connectivity index (χ3n) is 3.88. The molecule has 1 aliphatic rings. The molecule has 25 heavy (non-hydrogen) atoms. The highest BCUT2D eigenvalue weighted by Crippen LogP contribution is 2.34. The first-order valence-corrected chi connectivity index (χ1v) is 9.55. The lowest BCUT2D eigenvalue weighted by molar-refractivity contribution is -0.122. The molecule has 0 spiro atoms. The summed E-state index contributed by atoms with van der Waals surface area (Å²) in [5, 5.41) is 10.5. The lowest BCUT2D eigenvalue weighted by atomic mass is 10.2. The van der Waals surface area contributed by atoms with E-state index in [-0.39, 0.29) is 11.7 Å². The number of benzene rings is 1. The first-order chi connectivity index (χ1) is 12.1. The van der Waals surface area contributed by atoms with Crippen LogP contribution in [0.2, 0.25) is 0 Å². The number of thioether (sulfide) groups is 1. The number of carbonyl (C=O) groups is 1. The molecule has 0 radical (unpaired) electrons. The lowest BCUT2D eigenvalue weighted by Gasteiger charge is -2.14. The van der Waals surface area contributed by atoms with Crippen LogP contribution in [0, 0.1) is 0 Å². The quantitative estimate of drug-likeness (QED) is 0.554. The van der Waals surface area contributed by atoms with Crippen LogP contribution in [0.5, 0.6) is 11.5 Å². The summed E-state index contributed by atoms with van der Waals surface area (Å²) in [4.78, 5) is 19.8. The number of carbonyl (C=O) groups excluding carboxylic acids is 1. The average molecular weight is 362 g/mol. The van der Waals surface area contributed by atoms with Crippen LogP contribution in [0.3, 0.4) is 0 Å². The van der Waals surface area contributed by atoms with Crippen molar-refractivity contribution in [1.82, 2.24) is 4.90 Å².